The average molecular weight is 433 g/mol. The number of phenolic OH excluding ortho intramolecular Hbond substituents is 1. The Morgan fingerprint density at radius 3 is 2.94 bits per heavy atom. The Balaban J connectivity index is 1.55. The van der Waals surface area contributed by atoms with Gasteiger partial charge >= 0.3 is 6.03 Å². The number of hydrogen-bond donors (Lipinski definition) is 3. The minimum atomic E-state index is -0.424. The van der Waals surface area contributed by atoms with Crippen LogP contribution in [0, 0.1) is 0 Å². The fourth-order valence-corrected chi connectivity index (χ4v) is 3.08. The predicted octanol–water partition coefficient (Wildman–Crippen LogP) is 3.51. The van der Waals surface area contributed by atoms with Gasteiger partial charge in [0.15, 0.2) is 5.65 Å². The highest BCUT2D eigenvalue weighted by Crippen LogP contribution is 2.20. The number of carbonyl (C=O) groups is 1. The topological polar surface area (TPSA) is 109 Å². The molecule has 0 aliphatic heterocycles. The van der Waals surface area contributed by atoms with Gasteiger partial charge in [-0.15, -0.1) is 6.58 Å². The molecule has 2 amide bonds. The van der Waals surface area contributed by atoms with Crippen molar-refractivity contribution in [3.8, 4) is 17.0 Å². The average Bonchev–Trinajstić information content (AvgIpc) is 3.22. The molecule has 0 atom stereocenters. The van der Waals surface area contributed by atoms with Gasteiger partial charge < -0.3 is 5.11 Å². The molecule has 156 valence electrons. The summed E-state index contributed by atoms with van der Waals surface area (Å²) in [5, 5.41) is 16.6. The third kappa shape index (κ3) is 4.81. The van der Waals surface area contributed by atoms with Gasteiger partial charge in [0.25, 0.3) is 0 Å². The molecule has 4 rings (SSSR count). The van der Waals surface area contributed by atoms with Gasteiger partial charge in [-0.3, -0.25) is 19.3 Å². The largest absolute Gasteiger partial charge is 0.508 e. The molecule has 0 radical (unpaired) electrons. The van der Waals surface area contributed by atoms with Crippen molar-refractivity contribution in [3.05, 3.63) is 73.2 Å². The molecule has 0 saturated carbocycles. The van der Waals surface area contributed by atoms with Crippen LogP contribution >= 0.6 is 12.8 Å². The predicted molar refractivity (Wildman–Crippen MR) is 121 cm³/mol. The number of rotatable bonds is 6. The number of nitrogens with zero attached hydrogens (tertiary/aromatic N) is 6. The summed E-state index contributed by atoms with van der Waals surface area (Å²) in [5.41, 5.74) is 3.30. The minimum absolute atomic E-state index is 0.213. The second-order valence-corrected chi connectivity index (χ2v) is 7.17. The smallest absolute Gasteiger partial charge is 0.333 e. The number of aromatic nitrogens is 5. The van der Waals surface area contributed by atoms with Gasteiger partial charge in [-0.05, 0) is 29.8 Å². The Morgan fingerprint density at radius 1 is 1.26 bits per heavy atom. The summed E-state index contributed by atoms with van der Waals surface area (Å²) in [6.07, 6.45) is 6.76. The molecule has 0 fully saturated rings. The number of phenols is 1. The lowest BCUT2D eigenvalue weighted by Gasteiger charge is -2.13. The Labute approximate surface area is 183 Å². The number of hydrogen-bond acceptors (Lipinski definition) is 7. The second-order valence-electron chi connectivity index (χ2n) is 6.69. The van der Waals surface area contributed by atoms with Crippen LogP contribution in [0.4, 0.5) is 10.6 Å². The van der Waals surface area contributed by atoms with Crippen molar-refractivity contribution in [2.75, 3.05) is 11.9 Å². The van der Waals surface area contributed by atoms with E-state index in [-0.39, 0.29) is 5.75 Å². The lowest BCUT2D eigenvalue weighted by molar-refractivity contribution is 0.241. The van der Waals surface area contributed by atoms with Crippen LogP contribution in [0.15, 0.2) is 67.6 Å². The van der Waals surface area contributed by atoms with Gasteiger partial charge in [0.1, 0.15) is 17.1 Å². The lowest BCUT2D eigenvalue weighted by atomic mass is 10.2. The van der Waals surface area contributed by atoms with E-state index >= 15 is 0 Å². The number of anilines is 1. The summed E-state index contributed by atoms with van der Waals surface area (Å²) < 4.78 is 2.93. The number of pyridine rings is 1. The van der Waals surface area contributed by atoms with Crippen molar-refractivity contribution < 1.29 is 9.90 Å². The molecule has 3 aromatic heterocycles. The van der Waals surface area contributed by atoms with Crippen LogP contribution in [0.5, 0.6) is 5.75 Å². The van der Waals surface area contributed by atoms with E-state index in [1.54, 1.807) is 53.5 Å². The van der Waals surface area contributed by atoms with Gasteiger partial charge in [-0.25, -0.2) is 14.8 Å². The third-order valence-corrected chi connectivity index (χ3v) is 4.71. The van der Waals surface area contributed by atoms with E-state index in [0.29, 0.717) is 35.8 Å². The van der Waals surface area contributed by atoms with E-state index in [2.05, 4.69) is 44.8 Å². The number of aromatic hydroxyl groups is 1. The number of benzene rings is 1. The first kappa shape index (κ1) is 20.4. The van der Waals surface area contributed by atoms with Crippen molar-refractivity contribution in [2.45, 2.75) is 6.54 Å². The van der Waals surface area contributed by atoms with Gasteiger partial charge in [-0.2, -0.15) is 5.10 Å². The summed E-state index contributed by atoms with van der Waals surface area (Å²) in [4.78, 5) is 25.4. The highest BCUT2D eigenvalue weighted by Gasteiger charge is 2.11. The maximum Gasteiger partial charge on any atom is 0.333 e. The molecule has 10 heteroatoms. The van der Waals surface area contributed by atoms with Gasteiger partial charge in [-0.1, -0.05) is 31.0 Å². The lowest BCUT2D eigenvalue weighted by Crippen LogP contribution is -2.27. The standard InChI is InChI=1S/C21H19N7O2S/c1-2-8-28(31)21(30)26-19-7-6-17-20(25-19)24-18(11-22-17)15-10-23-27(13-15)12-14-4-3-5-16(29)9-14/h2-7,9-11,13,29,31H,1,8,12H2,(H,24,25,26,30). The summed E-state index contributed by atoms with van der Waals surface area (Å²) >= 11 is 4.09. The molecule has 4 aromatic rings. The Hall–Kier alpha value is -3.92. The maximum atomic E-state index is 12.1. The van der Waals surface area contributed by atoms with Crippen LogP contribution in [-0.2, 0) is 6.54 Å². The number of carbonyl (C=O) groups excluding carboxylic acids is 1. The molecular weight excluding hydrogens is 414 g/mol. The Morgan fingerprint density at radius 2 is 2.13 bits per heavy atom. The molecule has 2 N–H and O–H groups in total. The summed E-state index contributed by atoms with van der Waals surface area (Å²) in [5.74, 6) is 0.552. The molecular formula is C21H19N7O2S. The van der Waals surface area contributed by atoms with E-state index in [1.807, 2.05) is 12.3 Å². The number of amides is 2. The summed E-state index contributed by atoms with van der Waals surface area (Å²) in [6.45, 7) is 4.38. The molecule has 0 unspecified atom stereocenters. The van der Waals surface area contributed by atoms with Crippen LogP contribution in [0.3, 0.4) is 0 Å². The van der Waals surface area contributed by atoms with E-state index in [1.165, 1.54) is 4.31 Å². The number of thiol groups is 1. The molecule has 0 saturated heterocycles. The zero-order valence-electron chi connectivity index (χ0n) is 16.4. The zero-order chi connectivity index (χ0) is 21.8. The third-order valence-electron chi connectivity index (χ3n) is 4.36. The van der Waals surface area contributed by atoms with Crippen molar-refractivity contribution >= 4 is 35.8 Å². The molecule has 0 bridgehead atoms. The van der Waals surface area contributed by atoms with Crippen LogP contribution in [-0.4, -0.2) is 46.7 Å². The quantitative estimate of drug-likeness (QED) is 0.317. The Bertz CT molecular complexity index is 1260. The van der Waals surface area contributed by atoms with Crippen molar-refractivity contribution in [1.29, 1.82) is 0 Å². The number of urea groups is 1. The SMILES string of the molecule is C=CCN(S)C(=O)Nc1ccc2ncc(-c3cnn(Cc4cccc(O)c4)c3)nc2n1. The number of nitrogens with one attached hydrogen (secondary N) is 1. The van der Waals surface area contributed by atoms with Crippen molar-refractivity contribution in [2.24, 2.45) is 0 Å². The molecule has 0 aliphatic rings. The molecule has 0 aliphatic carbocycles. The van der Waals surface area contributed by atoms with Crippen LogP contribution < -0.4 is 5.32 Å². The van der Waals surface area contributed by atoms with E-state index in [0.717, 1.165) is 11.1 Å². The first-order valence-corrected chi connectivity index (χ1v) is 9.74. The first-order valence-electron chi connectivity index (χ1n) is 9.34. The Kier molecular flexibility index (Phi) is 5.80. The fraction of sp³-hybridized carbons (Fsp3) is 0.0952. The normalized spacial score (nSPS) is 10.7. The minimum Gasteiger partial charge on any atom is -0.508 e. The van der Waals surface area contributed by atoms with Crippen LogP contribution in [0.25, 0.3) is 22.4 Å². The summed E-state index contributed by atoms with van der Waals surface area (Å²) in [7, 11) is 0. The van der Waals surface area contributed by atoms with Gasteiger partial charge in [0, 0.05) is 11.8 Å². The maximum absolute atomic E-state index is 12.1. The van der Waals surface area contributed by atoms with Crippen molar-refractivity contribution in [1.82, 2.24) is 29.0 Å². The highest BCUT2D eigenvalue weighted by atomic mass is 32.1. The zero-order valence-corrected chi connectivity index (χ0v) is 17.3. The second kappa shape index (κ2) is 8.84. The van der Waals surface area contributed by atoms with Gasteiger partial charge in [0.05, 0.1) is 31.2 Å². The summed E-state index contributed by atoms with van der Waals surface area (Å²) in [6, 6.07) is 9.98. The molecule has 3 heterocycles. The highest BCUT2D eigenvalue weighted by molar-refractivity contribution is 7.78. The van der Waals surface area contributed by atoms with E-state index < -0.39 is 6.03 Å². The molecule has 31 heavy (non-hydrogen) atoms. The number of fused-ring (bicyclic) bond motifs is 1. The van der Waals surface area contributed by atoms with Crippen LogP contribution in [0.1, 0.15) is 5.56 Å². The van der Waals surface area contributed by atoms with Crippen molar-refractivity contribution in [3.63, 3.8) is 0 Å². The van der Waals surface area contributed by atoms with Crippen LogP contribution in [0.2, 0.25) is 0 Å². The first-order chi connectivity index (χ1) is 15.0. The molecule has 9 nitrogen and oxygen atoms in total. The van der Waals surface area contributed by atoms with E-state index in [9.17, 15) is 9.90 Å². The molecule has 1 aromatic carbocycles. The molecule has 0 spiro atoms. The van der Waals surface area contributed by atoms with Gasteiger partial charge in [0.2, 0.25) is 0 Å². The van der Waals surface area contributed by atoms with E-state index in [4.69, 9.17) is 0 Å². The monoisotopic (exact) mass is 433 g/mol. The fourth-order valence-electron chi connectivity index (χ4n) is 2.91.